The molecule has 1 aromatic carbocycles. The Hall–Kier alpha value is -1.27. The van der Waals surface area contributed by atoms with Gasteiger partial charge in [0.2, 0.25) is 0 Å². The highest BCUT2D eigenvalue weighted by Gasteiger charge is 2.40. The molecule has 2 N–H and O–H groups in total. The molecule has 0 aliphatic heterocycles. The molecule has 7 heteroatoms. The Morgan fingerprint density at radius 1 is 1.35 bits per heavy atom. The Morgan fingerprint density at radius 2 is 1.90 bits per heavy atom. The van der Waals surface area contributed by atoms with Crippen LogP contribution in [-0.4, -0.2) is 13.1 Å². The fourth-order valence-electron chi connectivity index (χ4n) is 1.79. The minimum Gasteiger partial charge on any atom is -0.469 e. The van der Waals surface area contributed by atoms with Crippen LogP contribution in [0.4, 0.5) is 13.2 Å². The summed E-state index contributed by atoms with van der Waals surface area (Å²) in [6, 6.07) is 2.41. The Morgan fingerprint density at radius 3 is 2.35 bits per heavy atom. The van der Waals surface area contributed by atoms with E-state index in [1.165, 1.54) is 33.1 Å². The van der Waals surface area contributed by atoms with Gasteiger partial charge in [-0.2, -0.15) is 13.2 Å². The second-order valence-electron chi connectivity index (χ2n) is 4.90. The van der Waals surface area contributed by atoms with E-state index >= 15 is 0 Å². The first kappa shape index (κ1) is 16.8. The molecule has 0 bridgehead atoms. The summed E-state index contributed by atoms with van der Waals surface area (Å²) in [4.78, 5) is 11.7. The Labute approximate surface area is 119 Å². The molecule has 0 amide bonds. The van der Waals surface area contributed by atoms with E-state index in [-0.39, 0.29) is 5.56 Å². The van der Waals surface area contributed by atoms with Crippen molar-refractivity contribution in [1.82, 2.24) is 0 Å². The van der Waals surface area contributed by atoms with Crippen molar-refractivity contribution in [3.8, 4) is 0 Å². The Balaban J connectivity index is 3.31. The first-order chi connectivity index (χ1) is 9.03. The summed E-state index contributed by atoms with van der Waals surface area (Å²) >= 11 is 5.79. The van der Waals surface area contributed by atoms with Gasteiger partial charge in [0.25, 0.3) is 0 Å². The highest BCUT2D eigenvalue weighted by molar-refractivity contribution is 6.32. The highest BCUT2D eigenvalue weighted by Crippen LogP contribution is 2.41. The molecule has 112 valence electrons. The standard InChI is InChI=1S/C13H15ClF3NO2/c1-12(2,11(19)20-3)10(18)7-5-4-6-8(9(7)14)13(15,16)17/h4-6,10H,18H2,1-3H3/t10-/m1/s1. The van der Waals surface area contributed by atoms with Crippen LogP contribution in [0.15, 0.2) is 18.2 Å². The molecular weight excluding hydrogens is 295 g/mol. The van der Waals surface area contributed by atoms with Crippen molar-refractivity contribution in [2.24, 2.45) is 11.1 Å². The van der Waals surface area contributed by atoms with Gasteiger partial charge in [0.1, 0.15) is 0 Å². The summed E-state index contributed by atoms with van der Waals surface area (Å²) in [5, 5.41) is -0.496. The number of hydrogen-bond donors (Lipinski definition) is 1. The SMILES string of the molecule is COC(=O)C(C)(C)[C@H](N)c1cccc(C(F)(F)F)c1Cl. The van der Waals surface area contributed by atoms with Crippen LogP contribution < -0.4 is 5.73 Å². The molecule has 0 radical (unpaired) electrons. The maximum Gasteiger partial charge on any atom is 0.417 e. The van der Waals surface area contributed by atoms with Gasteiger partial charge < -0.3 is 10.5 Å². The van der Waals surface area contributed by atoms with Gasteiger partial charge in [-0.15, -0.1) is 0 Å². The van der Waals surface area contributed by atoms with Crippen molar-refractivity contribution < 1.29 is 22.7 Å². The number of methoxy groups -OCH3 is 1. The lowest BCUT2D eigenvalue weighted by Gasteiger charge is -2.30. The molecule has 0 heterocycles. The molecule has 0 saturated heterocycles. The lowest BCUT2D eigenvalue weighted by atomic mass is 9.80. The van der Waals surface area contributed by atoms with Crippen molar-refractivity contribution in [2.45, 2.75) is 26.1 Å². The van der Waals surface area contributed by atoms with Crippen molar-refractivity contribution >= 4 is 17.6 Å². The largest absolute Gasteiger partial charge is 0.469 e. The van der Waals surface area contributed by atoms with E-state index in [9.17, 15) is 18.0 Å². The van der Waals surface area contributed by atoms with Gasteiger partial charge >= 0.3 is 12.1 Å². The molecule has 0 fully saturated rings. The summed E-state index contributed by atoms with van der Waals surface area (Å²) in [6.07, 6.45) is -4.58. The van der Waals surface area contributed by atoms with Crippen LogP contribution in [0.2, 0.25) is 5.02 Å². The third kappa shape index (κ3) is 3.07. The maximum absolute atomic E-state index is 12.8. The van der Waals surface area contributed by atoms with Gasteiger partial charge in [-0.3, -0.25) is 4.79 Å². The predicted molar refractivity (Wildman–Crippen MR) is 69.2 cm³/mol. The second-order valence-corrected chi connectivity index (χ2v) is 5.28. The van der Waals surface area contributed by atoms with Crippen molar-refractivity contribution in [1.29, 1.82) is 0 Å². The zero-order chi connectivity index (χ0) is 15.7. The fourth-order valence-corrected chi connectivity index (χ4v) is 2.14. The molecule has 3 nitrogen and oxygen atoms in total. The number of hydrogen-bond acceptors (Lipinski definition) is 3. The molecule has 0 saturated carbocycles. The molecular formula is C13H15ClF3NO2. The van der Waals surface area contributed by atoms with Crippen molar-refractivity contribution in [2.75, 3.05) is 7.11 Å². The van der Waals surface area contributed by atoms with E-state index in [4.69, 9.17) is 17.3 Å². The summed E-state index contributed by atoms with van der Waals surface area (Å²) < 4.78 is 43.0. The summed E-state index contributed by atoms with van der Waals surface area (Å²) in [5.41, 5.74) is 3.78. The van der Waals surface area contributed by atoms with Crippen LogP contribution in [0, 0.1) is 5.41 Å². The van der Waals surface area contributed by atoms with E-state index in [1.807, 2.05) is 0 Å². The maximum atomic E-state index is 12.8. The van der Waals surface area contributed by atoms with Crippen molar-refractivity contribution in [3.05, 3.63) is 34.3 Å². The number of nitrogens with two attached hydrogens (primary N) is 1. The van der Waals surface area contributed by atoms with Crippen molar-refractivity contribution in [3.63, 3.8) is 0 Å². The normalized spacial score (nSPS) is 14.0. The minimum atomic E-state index is -4.58. The lowest BCUT2D eigenvalue weighted by Crippen LogP contribution is -2.37. The third-order valence-corrected chi connectivity index (χ3v) is 3.58. The van der Waals surface area contributed by atoms with Gasteiger partial charge in [-0.25, -0.2) is 0 Å². The molecule has 0 aliphatic carbocycles. The first-order valence-electron chi connectivity index (χ1n) is 5.73. The predicted octanol–water partition coefficient (Wildman–Crippen LogP) is 3.56. The zero-order valence-corrected chi connectivity index (χ0v) is 12.0. The molecule has 1 aromatic rings. The topological polar surface area (TPSA) is 52.3 Å². The van der Waals surface area contributed by atoms with Crippen LogP contribution >= 0.6 is 11.6 Å². The lowest BCUT2D eigenvalue weighted by molar-refractivity contribution is -0.152. The molecule has 0 aromatic heterocycles. The Bertz CT molecular complexity index is 515. The second kappa shape index (κ2) is 5.61. The minimum absolute atomic E-state index is 0.0527. The van der Waals surface area contributed by atoms with Gasteiger partial charge in [-0.1, -0.05) is 23.7 Å². The smallest absolute Gasteiger partial charge is 0.417 e. The van der Waals surface area contributed by atoms with Gasteiger partial charge in [-0.05, 0) is 25.5 Å². The number of carbonyl (C=O) groups is 1. The van der Waals surface area contributed by atoms with E-state index in [1.54, 1.807) is 0 Å². The number of ether oxygens (including phenoxy) is 1. The average molecular weight is 310 g/mol. The molecule has 0 spiro atoms. The van der Waals surface area contributed by atoms with Crippen LogP contribution in [0.5, 0.6) is 0 Å². The number of esters is 1. The summed E-state index contributed by atoms with van der Waals surface area (Å²) in [5.74, 6) is -0.626. The number of alkyl halides is 3. The Kier molecular flexibility index (Phi) is 4.71. The number of carbonyl (C=O) groups excluding carboxylic acids is 1. The molecule has 1 rings (SSSR count). The molecule has 20 heavy (non-hydrogen) atoms. The summed E-state index contributed by atoms with van der Waals surface area (Å²) in [6.45, 7) is 2.97. The number of benzene rings is 1. The average Bonchev–Trinajstić information content (AvgIpc) is 2.35. The van der Waals surface area contributed by atoms with Crippen LogP contribution in [0.3, 0.4) is 0 Å². The molecule has 0 unspecified atom stereocenters. The van der Waals surface area contributed by atoms with Crippen LogP contribution in [0.1, 0.15) is 31.0 Å². The fraction of sp³-hybridized carbons (Fsp3) is 0.462. The van der Waals surface area contributed by atoms with Crippen LogP contribution in [-0.2, 0) is 15.7 Å². The van der Waals surface area contributed by atoms with Crippen LogP contribution in [0.25, 0.3) is 0 Å². The summed E-state index contributed by atoms with van der Waals surface area (Å²) in [7, 11) is 1.19. The highest BCUT2D eigenvalue weighted by atomic mass is 35.5. The number of halogens is 4. The van der Waals surface area contributed by atoms with Gasteiger partial charge in [0.05, 0.1) is 23.1 Å². The van der Waals surface area contributed by atoms with E-state index in [0.29, 0.717) is 0 Å². The van der Waals surface area contributed by atoms with Gasteiger partial charge in [0, 0.05) is 6.04 Å². The third-order valence-electron chi connectivity index (χ3n) is 3.16. The first-order valence-corrected chi connectivity index (χ1v) is 6.11. The van der Waals surface area contributed by atoms with E-state index < -0.39 is 34.2 Å². The molecule has 0 aliphatic rings. The van der Waals surface area contributed by atoms with Gasteiger partial charge in [0.15, 0.2) is 0 Å². The monoisotopic (exact) mass is 309 g/mol. The van der Waals surface area contributed by atoms with E-state index in [0.717, 1.165) is 6.07 Å². The van der Waals surface area contributed by atoms with E-state index in [2.05, 4.69) is 4.74 Å². The number of rotatable bonds is 3. The molecule has 1 atom stereocenters. The zero-order valence-electron chi connectivity index (χ0n) is 11.2. The quantitative estimate of drug-likeness (QED) is 0.869.